The fraction of sp³-hybridized carbons (Fsp3) is 0.417. The maximum absolute atomic E-state index is 13.4. The Balaban J connectivity index is 1.22. The third-order valence-electron chi connectivity index (χ3n) is 6.12. The van der Waals surface area contributed by atoms with Crippen molar-refractivity contribution in [3.8, 4) is 5.75 Å². The average molecular weight is 445 g/mol. The number of hydrogen-bond acceptors (Lipinski definition) is 4. The van der Waals surface area contributed by atoms with Crippen LogP contribution in [0.25, 0.3) is 0 Å². The van der Waals surface area contributed by atoms with Crippen molar-refractivity contribution in [2.24, 2.45) is 5.41 Å². The van der Waals surface area contributed by atoms with Crippen molar-refractivity contribution in [3.63, 3.8) is 0 Å². The van der Waals surface area contributed by atoms with Gasteiger partial charge in [0.25, 0.3) is 5.91 Å². The van der Waals surface area contributed by atoms with Crippen LogP contribution in [0.4, 0.5) is 4.39 Å². The van der Waals surface area contributed by atoms with Gasteiger partial charge in [0.2, 0.25) is 0 Å². The molecule has 3 fully saturated rings. The predicted molar refractivity (Wildman–Crippen MR) is 117 cm³/mol. The summed E-state index contributed by atoms with van der Waals surface area (Å²) < 4.78 is 18.8. The second-order valence-electron chi connectivity index (χ2n) is 9.26. The zero-order valence-corrected chi connectivity index (χ0v) is 18.5. The van der Waals surface area contributed by atoms with Crippen LogP contribution in [0.15, 0.2) is 42.5 Å². The highest BCUT2D eigenvalue weighted by Gasteiger charge is 2.68. The minimum Gasteiger partial charge on any atom is -0.484 e. The SMILES string of the molecule is CN(C)Cc1ccc(C(=O)CC23CC(NC(=O)COc4ccc(Cl)c(F)c4)(C2)C3)cc1. The number of nitrogens with zero attached hydrogens (tertiary/aromatic N) is 1. The number of ether oxygens (including phenoxy) is 1. The Morgan fingerprint density at radius 1 is 1.13 bits per heavy atom. The van der Waals surface area contributed by atoms with Gasteiger partial charge in [-0.1, -0.05) is 35.9 Å². The number of Topliss-reactive ketones (excluding diaryl/α,β-unsaturated/α-hetero) is 1. The van der Waals surface area contributed by atoms with Gasteiger partial charge in [-0.2, -0.15) is 0 Å². The molecule has 5 rings (SSSR count). The number of amides is 1. The van der Waals surface area contributed by atoms with E-state index in [0.29, 0.717) is 6.42 Å². The predicted octanol–water partition coefficient (Wildman–Crippen LogP) is 4.23. The van der Waals surface area contributed by atoms with Gasteiger partial charge < -0.3 is 15.0 Å². The van der Waals surface area contributed by atoms with Crippen LogP contribution < -0.4 is 10.1 Å². The maximum atomic E-state index is 13.4. The zero-order chi connectivity index (χ0) is 22.2. The molecule has 0 aliphatic heterocycles. The van der Waals surface area contributed by atoms with Crippen LogP contribution in [0, 0.1) is 11.2 Å². The minimum atomic E-state index is -0.585. The van der Waals surface area contributed by atoms with E-state index < -0.39 is 5.82 Å². The summed E-state index contributed by atoms with van der Waals surface area (Å²) >= 11 is 5.64. The summed E-state index contributed by atoms with van der Waals surface area (Å²) in [6.07, 6.45) is 2.95. The number of halogens is 2. The lowest BCUT2D eigenvalue weighted by atomic mass is 9.38. The number of nitrogens with one attached hydrogen (secondary N) is 1. The molecule has 0 unspecified atom stereocenters. The van der Waals surface area contributed by atoms with E-state index in [0.717, 1.165) is 37.4 Å². The van der Waals surface area contributed by atoms with Gasteiger partial charge in [0.05, 0.1) is 5.02 Å². The summed E-state index contributed by atoms with van der Waals surface area (Å²) in [6.45, 7) is 0.658. The van der Waals surface area contributed by atoms with Crippen LogP contribution >= 0.6 is 11.6 Å². The highest BCUT2D eigenvalue weighted by atomic mass is 35.5. The molecule has 0 aromatic heterocycles. The lowest BCUT2D eigenvalue weighted by Gasteiger charge is -2.70. The highest BCUT2D eigenvalue weighted by molar-refractivity contribution is 6.30. The molecule has 2 aromatic carbocycles. The molecule has 1 amide bonds. The van der Waals surface area contributed by atoms with E-state index in [1.165, 1.54) is 17.7 Å². The van der Waals surface area contributed by atoms with E-state index in [1.807, 2.05) is 38.4 Å². The van der Waals surface area contributed by atoms with Gasteiger partial charge in [-0.05, 0) is 56.5 Å². The lowest BCUT2D eigenvalue weighted by molar-refractivity contribution is -0.164. The van der Waals surface area contributed by atoms with Crippen LogP contribution in [0.2, 0.25) is 5.02 Å². The second-order valence-corrected chi connectivity index (χ2v) is 9.67. The Morgan fingerprint density at radius 2 is 1.81 bits per heavy atom. The van der Waals surface area contributed by atoms with Crippen LogP contribution in [0.5, 0.6) is 5.75 Å². The van der Waals surface area contributed by atoms with Crippen molar-refractivity contribution in [2.45, 2.75) is 37.8 Å². The van der Waals surface area contributed by atoms with Crippen LogP contribution in [-0.2, 0) is 11.3 Å². The van der Waals surface area contributed by atoms with Gasteiger partial charge in [0.1, 0.15) is 11.6 Å². The first-order valence-electron chi connectivity index (χ1n) is 10.3. The number of rotatable bonds is 9. The summed E-state index contributed by atoms with van der Waals surface area (Å²) in [5.41, 5.74) is 1.71. The molecular weight excluding hydrogens is 419 g/mol. The topological polar surface area (TPSA) is 58.6 Å². The molecule has 0 atom stereocenters. The van der Waals surface area contributed by atoms with Crippen molar-refractivity contribution in [2.75, 3.05) is 20.7 Å². The Hall–Kier alpha value is -2.44. The molecule has 7 heteroatoms. The molecule has 0 spiro atoms. The van der Waals surface area contributed by atoms with Gasteiger partial charge in [-0.25, -0.2) is 4.39 Å². The molecule has 2 bridgehead atoms. The van der Waals surface area contributed by atoms with E-state index >= 15 is 0 Å². The molecule has 3 aliphatic carbocycles. The quantitative estimate of drug-likeness (QED) is 0.588. The normalized spacial score (nSPS) is 23.6. The lowest BCUT2D eigenvalue weighted by Crippen LogP contribution is -2.75. The van der Waals surface area contributed by atoms with Crippen LogP contribution in [-0.4, -0.2) is 42.8 Å². The van der Waals surface area contributed by atoms with Crippen molar-refractivity contribution in [3.05, 3.63) is 64.4 Å². The Kier molecular flexibility index (Phi) is 5.79. The van der Waals surface area contributed by atoms with Gasteiger partial charge >= 0.3 is 0 Å². The zero-order valence-electron chi connectivity index (χ0n) is 17.7. The van der Waals surface area contributed by atoms with Crippen molar-refractivity contribution >= 4 is 23.3 Å². The second kappa shape index (κ2) is 8.24. The van der Waals surface area contributed by atoms with Crippen LogP contribution in [0.1, 0.15) is 41.6 Å². The van der Waals surface area contributed by atoms with Gasteiger partial charge in [-0.3, -0.25) is 9.59 Å². The van der Waals surface area contributed by atoms with Crippen molar-refractivity contribution in [1.29, 1.82) is 0 Å². The Bertz CT molecular complexity index is 987. The van der Waals surface area contributed by atoms with Crippen molar-refractivity contribution < 1.29 is 18.7 Å². The third kappa shape index (κ3) is 4.75. The minimum absolute atomic E-state index is 0.00678. The molecule has 5 nitrogen and oxygen atoms in total. The molecule has 3 saturated carbocycles. The smallest absolute Gasteiger partial charge is 0.258 e. The summed E-state index contributed by atoms with van der Waals surface area (Å²) in [6, 6.07) is 11.9. The Labute approximate surface area is 186 Å². The molecule has 164 valence electrons. The summed E-state index contributed by atoms with van der Waals surface area (Å²) in [5.74, 6) is -0.415. The van der Waals surface area contributed by atoms with Gasteiger partial charge in [-0.15, -0.1) is 0 Å². The molecular formula is C24H26ClFN2O3. The maximum Gasteiger partial charge on any atom is 0.258 e. The molecule has 0 heterocycles. The molecule has 0 radical (unpaired) electrons. The third-order valence-corrected chi connectivity index (χ3v) is 6.42. The highest BCUT2D eigenvalue weighted by Crippen LogP contribution is 2.69. The fourth-order valence-electron chi connectivity index (χ4n) is 4.97. The van der Waals surface area contributed by atoms with E-state index in [4.69, 9.17) is 16.3 Å². The van der Waals surface area contributed by atoms with Gasteiger partial charge in [0, 0.05) is 30.1 Å². The largest absolute Gasteiger partial charge is 0.484 e. The molecule has 0 saturated heterocycles. The van der Waals surface area contributed by atoms with E-state index in [2.05, 4.69) is 10.2 Å². The number of carbonyl (C=O) groups excluding carboxylic acids is 2. The number of ketones is 1. The number of hydrogen-bond donors (Lipinski definition) is 1. The molecule has 31 heavy (non-hydrogen) atoms. The standard InChI is InChI=1S/C24H26ClFN2O3/c1-28(2)11-16-3-5-17(6-4-16)21(29)10-23-13-24(14-23,15-23)27-22(30)12-31-18-7-8-19(25)20(26)9-18/h3-9H,10-15H2,1-2H3,(H,27,30). The summed E-state index contributed by atoms with van der Waals surface area (Å²) in [7, 11) is 4.03. The van der Waals surface area contributed by atoms with E-state index in [-0.39, 0.29) is 40.0 Å². The molecule has 3 aliphatic rings. The first kappa shape index (κ1) is 21.8. The average Bonchev–Trinajstić information content (AvgIpc) is 2.66. The number of carbonyl (C=O) groups is 2. The van der Waals surface area contributed by atoms with Gasteiger partial charge in [0.15, 0.2) is 12.4 Å². The van der Waals surface area contributed by atoms with Crippen molar-refractivity contribution in [1.82, 2.24) is 10.2 Å². The summed E-state index contributed by atoms with van der Waals surface area (Å²) in [5, 5.41) is 3.03. The first-order chi connectivity index (χ1) is 14.7. The molecule has 2 aromatic rings. The fourth-order valence-corrected chi connectivity index (χ4v) is 5.09. The van der Waals surface area contributed by atoms with E-state index in [9.17, 15) is 14.0 Å². The monoisotopic (exact) mass is 444 g/mol. The van der Waals surface area contributed by atoms with Crippen LogP contribution in [0.3, 0.4) is 0 Å². The first-order valence-corrected chi connectivity index (χ1v) is 10.7. The summed E-state index contributed by atoms with van der Waals surface area (Å²) in [4.78, 5) is 27.0. The number of benzene rings is 2. The Morgan fingerprint density at radius 3 is 2.42 bits per heavy atom. The molecule has 1 N–H and O–H groups in total. The van der Waals surface area contributed by atoms with E-state index in [1.54, 1.807) is 0 Å².